The predicted molar refractivity (Wildman–Crippen MR) is 59.3 cm³/mol. The molecule has 2 fully saturated rings. The first-order chi connectivity index (χ1) is 6.15. The molecule has 74 valence electrons. The summed E-state index contributed by atoms with van der Waals surface area (Å²) >= 11 is 1.90. The summed E-state index contributed by atoms with van der Waals surface area (Å²) < 4.78 is 0. The summed E-state index contributed by atoms with van der Waals surface area (Å²) in [5.41, 5.74) is 0. The van der Waals surface area contributed by atoms with E-state index in [1.165, 1.54) is 18.0 Å². The first-order valence-corrected chi connectivity index (χ1v) is 6.04. The maximum Gasteiger partial charge on any atom is 0.157 e. The van der Waals surface area contributed by atoms with Gasteiger partial charge in [-0.1, -0.05) is 25.6 Å². The summed E-state index contributed by atoms with van der Waals surface area (Å²) in [6.45, 7) is 6.80. The predicted octanol–water partition coefficient (Wildman–Crippen LogP) is 2.25. The Kier molecular flexibility index (Phi) is 2.54. The molecule has 0 bridgehead atoms. The molecule has 1 saturated carbocycles. The molecule has 0 aromatic rings. The number of nitrogens with zero attached hydrogens (tertiary/aromatic N) is 1. The van der Waals surface area contributed by atoms with Crippen LogP contribution < -0.4 is 5.32 Å². The molecule has 2 rings (SSSR count). The van der Waals surface area contributed by atoms with Gasteiger partial charge in [0.1, 0.15) is 0 Å². The Hall–Kier alpha value is -0.180. The van der Waals surface area contributed by atoms with E-state index in [2.05, 4.69) is 26.1 Å². The summed E-state index contributed by atoms with van der Waals surface area (Å²) in [5, 5.41) is 5.36. The van der Waals surface area contributed by atoms with Crippen LogP contribution in [0.4, 0.5) is 0 Å². The van der Waals surface area contributed by atoms with E-state index in [1.54, 1.807) is 0 Å². The second-order valence-electron chi connectivity index (χ2n) is 4.42. The molecule has 0 radical (unpaired) electrons. The van der Waals surface area contributed by atoms with Crippen molar-refractivity contribution in [2.75, 3.05) is 0 Å². The van der Waals surface area contributed by atoms with Crippen molar-refractivity contribution in [3.05, 3.63) is 0 Å². The van der Waals surface area contributed by atoms with Gasteiger partial charge in [0.15, 0.2) is 5.17 Å². The molecule has 13 heavy (non-hydrogen) atoms. The van der Waals surface area contributed by atoms with Crippen molar-refractivity contribution in [2.45, 2.75) is 50.9 Å². The van der Waals surface area contributed by atoms with Crippen molar-refractivity contribution in [3.63, 3.8) is 0 Å². The van der Waals surface area contributed by atoms with Crippen LogP contribution in [0.1, 0.15) is 33.6 Å². The monoisotopic (exact) mass is 198 g/mol. The molecule has 0 aromatic carbocycles. The van der Waals surface area contributed by atoms with E-state index in [1.807, 2.05) is 11.8 Å². The summed E-state index contributed by atoms with van der Waals surface area (Å²) in [4.78, 5) is 4.70. The average molecular weight is 198 g/mol. The van der Waals surface area contributed by atoms with Crippen molar-refractivity contribution in [2.24, 2.45) is 10.9 Å². The Bertz CT molecular complexity index is 215. The molecule has 1 saturated heterocycles. The zero-order chi connectivity index (χ0) is 9.42. The summed E-state index contributed by atoms with van der Waals surface area (Å²) in [7, 11) is 0. The Morgan fingerprint density at radius 1 is 1.31 bits per heavy atom. The number of rotatable bonds is 1. The van der Waals surface area contributed by atoms with E-state index in [9.17, 15) is 0 Å². The van der Waals surface area contributed by atoms with Crippen molar-refractivity contribution < 1.29 is 0 Å². The molecule has 0 spiro atoms. The molecular weight excluding hydrogens is 180 g/mol. The number of aliphatic imine (C=N–C) groups is 1. The van der Waals surface area contributed by atoms with Gasteiger partial charge in [-0.15, -0.1) is 0 Å². The van der Waals surface area contributed by atoms with Crippen LogP contribution in [-0.4, -0.2) is 22.5 Å². The number of hydrogen-bond acceptors (Lipinski definition) is 2. The van der Waals surface area contributed by atoms with Gasteiger partial charge in [-0.3, -0.25) is 4.99 Å². The number of amidine groups is 1. The van der Waals surface area contributed by atoms with Crippen LogP contribution in [0, 0.1) is 5.92 Å². The van der Waals surface area contributed by atoms with E-state index in [0.717, 1.165) is 11.2 Å². The third-order valence-electron chi connectivity index (χ3n) is 2.72. The zero-order valence-corrected chi connectivity index (χ0v) is 9.40. The molecule has 0 aromatic heterocycles. The number of hydrogen-bond donors (Lipinski definition) is 1. The smallest absolute Gasteiger partial charge is 0.157 e. The number of thioether (sulfide) groups is 1. The maximum absolute atomic E-state index is 4.70. The lowest BCUT2D eigenvalue weighted by Crippen LogP contribution is -2.38. The van der Waals surface area contributed by atoms with Gasteiger partial charge in [0.05, 0.1) is 6.04 Å². The Morgan fingerprint density at radius 2 is 2.00 bits per heavy atom. The van der Waals surface area contributed by atoms with Crippen molar-refractivity contribution in [1.29, 1.82) is 0 Å². The lowest BCUT2D eigenvalue weighted by Gasteiger charge is -2.26. The molecule has 1 aliphatic heterocycles. The Morgan fingerprint density at radius 3 is 2.54 bits per heavy atom. The minimum atomic E-state index is 0.601. The highest BCUT2D eigenvalue weighted by atomic mass is 32.2. The van der Waals surface area contributed by atoms with Crippen LogP contribution in [0.25, 0.3) is 0 Å². The molecular formula is C10H18N2S. The highest BCUT2D eigenvalue weighted by Crippen LogP contribution is 2.34. The van der Waals surface area contributed by atoms with Crippen molar-refractivity contribution in [1.82, 2.24) is 5.32 Å². The zero-order valence-electron chi connectivity index (χ0n) is 8.58. The van der Waals surface area contributed by atoms with Gasteiger partial charge in [-0.2, -0.15) is 0 Å². The van der Waals surface area contributed by atoms with Gasteiger partial charge in [0.2, 0.25) is 0 Å². The molecule has 4 unspecified atom stereocenters. The molecule has 1 heterocycles. The van der Waals surface area contributed by atoms with Crippen LogP contribution in [0.3, 0.4) is 0 Å². The molecule has 3 heteroatoms. The van der Waals surface area contributed by atoms with Crippen LogP contribution >= 0.6 is 11.8 Å². The van der Waals surface area contributed by atoms with Gasteiger partial charge < -0.3 is 5.32 Å². The molecule has 1 N–H and O–H groups in total. The highest BCUT2D eigenvalue weighted by molar-refractivity contribution is 8.14. The number of nitrogens with one attached hydrogen (secondary N) is 1. The van der Waals surface area contributed by atoms with Gasteiger partial charge in [-0.05, 0) is 25.7 Å². The second-order valence-corrected chi connectivity index (χ2v) is 5.85. The third kappa shape index (κ3) is 2.39. The maximum atomic E-state index is 4.70. The molecule has 0 amide bonds. The first-order valence-electron chi connectivity index (χ1n) is 5.16. The minimum absolute atomic E-state index is 0.601. The van der Waals surface area contributed by atoms with Gasteiger partial charge >= 0.3 is 0 Å². The van der Waals surface area contributed by atoms with Crippen LogP contribution in [-0.2, 0) is 0 Å². The quantitative estimate of drug-likeness (QED) is 0.699. The fourth-order valence-corrected chi connectivity index (χ4v) is 2.97. The Labute approximate surface area is 84.6 Å². The van der Waals surface area contributed by atoms with Crippen molar-refractivity contribution in [3.8, 4) is 0 Å². The largest absolute Gasteiger partial charge is 0.362 e. The SMILES string of the molecule is CC1CC(C)SC(=NC2CC2C)N1. The van der Waals surface area contributed by atoms with E-state index < -0.39 is 0 Å². The van der Waals surface area contributed by atoms with E-state index in [-0.39, 0.29) is 0 Å². The standard InChI is InChI=1S/C10H18N2S/c1-6-4-9(6)12-10-11-7(2)5-8(3)13-10/h6-9H,4-5H2,1-3H3,(H,11,12). The molecule has 2 nitrogen and oxygen atoms in total. The topological polar surface area (TPSA) is 24.4 Å². The summed E-state index contributed by atoms with van der Waals surface area (Å²) in [6.07, 6.45) is 2.54. The first kappa shape index (κ1) is 9.38. The normalized spacial score (nSPS) is 47.5. The fraction of sp³-hybridized carbons (Fsp3) is 0.900. The van der Waals surface area contributed by atoms with Crippen LogP contribution in [0.2, 0.25) is 0 Å². The summed E-state index contributed by atoms with van der Waals surface area (Å²) in [6, 6.07) is 1.22. The van der Waals surface area contributed by atoms with Gasteiger partial charge in [0, 0.05) is 11.3 Å². The van der Waals surface area contributed by atoms with E-state index in [0.29, 0.717) is 12.1 Å². The van der Waals surface area contributed by atoms with Gasteiger partial charge in [0.25, 0.3) is 0 Å². The van der Waals surface area contributed by atoms with E-state index in [4.69, 9.17) is 4.99 Å². The lowest BCUT2D eigenvalue weighted by molar-refractivity contribution is 0.597. The highest BCUT2D eigenvalue weighted by Gasteiger charge is 2.33. The van der Waals surface area contributed by atoms with Crippen molar-refractivity contribution >= 4 is 16.9 Å². The third-order valence-corrected chi connectivity index (χ3v) is 3.76. The van der Waals surface area contributed by atoms with Gasteiger partial charge in [-0.25, -0.2) is 0 Å². The van der Waals surface area contributed by atoms with Crippen LogP contribution in [0.15, 0.2) is 4.99 Å². The molecule has 4 atom stereocenters. The van der Waals surface area contributed by atoms with E-state index >= 15 is 0 Å². The Balaban J connectivity index is 1.94. The average Bonchev–Trinajstić information content (AvgIpc) is 2.63. The minimum Gasteiger partial charge on any atom is -0.362 e. The van der Waals surface area contributed by atoms with Crippen LogP contribution in [0.5, 0.6) is 0 Å². The molecule has 1 aliphatic carbocycles. The fourth-order valence-electron chi connectivity index (χ4n) is 1.74. The second kappa shape index (κ2) is 3.52. The lowest BCUT2D eigenvalue weighted by atomic mass is 10.2. The summed E-state index contributed by atoms with van der Waals surface area (Å²) in [5.74, 6) is 0.822. The molecule has 2 aliphatic rings.